The Kier molecular flexibility index (Phi) is 2.73. The van der Waals surface area contributed by atoms with E-state index in [1.807, 2.05) is 13.0 Å². The highest BCUT2D eigenvalue weighted by atomic mass is 16.5. The molecule has 0 amide bonds. The summed E-state index contributed by atoms with van der Waals surface area (Å²) in [7, 11) is 0. The summed E-state index contributed by atoms with van der Waals surface area (Å²) >= 11 is 0. The standard InChI is InChI=1S/C12H17NO/c1-2-14-11-5-3-4-9(6-11)12-7-10(12)8-13/h3-6,10,12H,2,7-8,13H2,1H3/t10-,12-/m0/s1. The van der Waals surface area contributed by atoms with Crippen LogP contribution in [-0.2, 0) is 0 Å². The van der Waals surface area contributed by atoms with Crippen LogP contribution in [0.4, 0.5) is 0 Å². The SMILES string of the molecule is CCOc1cccc([C@@H]2C[C@H]2CN)c1. The summed E-state index contributed by atoms with van der Waals surface area (Å²) < 4.78 is 5.46. The van der Waals surface area contributed by atoms with Gasteiger partial charge in [-0.3, -0.25) is 0 Å². The minimum atomic E-state index is 0.681. The lowest BCUT2D eigenvalue weighted by Gasteiger charge is -2.05. The number of hydrogen-bond acceptors (Lipinski definition) is 2. The maximum absolute atomic E-state index is 5.63. The summed E-state index contributed by atoms with van der Waals surface area (Å²) in [4.78, 5) is 0. The van der Waals surface area contributed by atoms with Crippen molar-refractivity contribution in [1.29, 1.82) is 0 Å². The van der Waals surface area contributed by atoms with Gasteiger partial charge in [-0.05, 0) is 49.4 Å². The Labute approximate surface area is 85.1 Å². The monoisotopic (exact) mass is 191 g/mol. The highest BCUT2D eigenvalue weighted by Crippen LogP contribution is 2.47. The zero-order valence-corrected chi connectivity index (χ0v) is 8.57. The quantitative estimate of drug-likeness (QED) is 0.791. The molecule has 2 N–H and O–H groups in total. The second-order valence-electron chi connectivity index (χ2n) is 3.84. The number of hydrogen-bond donors (Lipinski definition) is 1. The van der Waals surface area contributed by atoms with Crippen molar-refractivity contribution >= 4 is 0 Å². The van der Waals surface area contributed by atoms with Crippen molar-refractivity contribution in [3.63, 3.8) is 0 Å². The zero-order valence-electron chi connectivity index (χ0n) is 8.57. The molecule has 0 aromatic heterocycles. The first-order valence-corrected chi connectivity index (χ1v) is 5.28. The molecule has 1 aliphatic rings. The minimum absolute atomic E-state index is 0.681. The van der Waals surface area contributed by atoms with Gasteiger partial charge < -0.3 is 10.5 Å². The summed E-state index contributed by atoms with van der Waals surface area (Å²) in [6.45, 7) is 3.55. The Morgan fingerprint density at radius 1 is 1.50 bits per heavy atom. The molecule has 2 heteroatoms. The molecule has 2 rings (SSSR count). The maximum atomic E-state index is 5.63. The Hall–Kier alpha value is -1.02. The van der Waals surface area contributed by atoms with Crippen molar-refractivity contribution < 1.29 is 4.74 Å². The lowest BCUT2D eigenvalue weighted by atomic mass is 10.1. The molecule has 2 atom stereocenters. The van der Waals surface area contributed by atoms with Crippen LogP contribution in [0.1, 0.15) is 24.8 Å². The first-order valence-electron chi connectivity index (χ1n) is 5.28. The van der Waals surface area contributed by atoms with E-state index in [4.69, 9.17) is 10.5 Å². The van der Waals surface area contributed by atoms with Crippen molar-refractivity contribution in [3.8, 4) is 5.75 Å². The molecule has 14 heavy (non-hydrogen) atoms. The van der Waals surface area contributed by atoms with Crippen LogP contribution < -0.4 is 10.5 Å². The maximum Gasteiger partial charge on any atom is 0.119 e. The van der Waals surface area contributed by atoms with Gasteiger partial charge in [0.15, 0.2) is 0 Å². The molecular weight excluding hydrogens is 174 g/mol. The summed E-state index contributed by atoms with van der Waals surface area (Å²) in [5.41, 5.74) is 7.01. The lowest BCUT2D eigenvalue weighted by molar-refractivity contribution is 0.340. The van der Waals surface area contributed by atoms with Crippen LogP contribution in [0, 0.1) is 5.92 Å². The molecule has 0 radical (unpaired) electrons. The molecule has 1 aromatic carbocycles. The molecular formula is C12H17NO. The normalized spacial score (nSPS) is 24.7. The van der Waals surface area contributed by atoms with Gasteiger partial charge in [-0.15, -0.1) is 0 Å². The van der Waals surface area contributed by atoms with Crippen molar-refractivity contribution in [2.45, 2.75) is 19.3 Å². The first kappa shape index (κ1) is 9.53. The molecule has 0 bridgehead atoms. The second-order valence-corrected chi connectivity index (χ2v) is 3.84. The third-order valence-electron chi connectivity index (χ3n) is 2.82. The average molecular weight is 191 g/mol. The second kappa shape index (κ2) is 4.01. The molecule has 0 spiro atoms. The molecule has 0 heterocycles. The Morgan fingerprint density at radius 3 is 3.00 bits per heavy atom. The fraction of sp³-hybridized carbons (Fsp3) is 0.500. The molecule has 76 valence electrons. The van der Waals surface area contributed by atoms with Crippen molar-refractivity contribution in [3.05, 3.63) is 29.8 Å². The van der Waals surface area contributed by atoms with Gasteiger partial charge in [0.2, 0.25) is 0 Å². The highest BCUT2D eigenvalue weighted by molar-refractivity contribution is 5.34. The zero-order chi connectivity index (χ0) is 9.97. The molecule has 2 nitrogen and oxygen atoms in total. The van der Waals surface area contributed by atoms with Gasteiger partial charge in [0, 0.05) is 0 Å². The fourth-order valence-corrected chi connectivity index (χ4v) is 1.92. The third kappa shape index (κ3) is 1.90. The van der Waals surface area contributed by atoms with Crippen molar-refractivity contribution in [1.82, 2.24) is 0 Å². The summed E-state index contributed by atoms with van der Waals surface area (Å²) in [5, 5.41) is 0. The number of ether oxygens (including phenoxy) is 1. The van der Waals surface area contributed by atoms with E-state index in [0.29, 0.717) is 11.8 Å². The van der Waals surface area contributed by atoms with Crippen LogP contribution in [-0.4, -0.2) is 13.2 Å². The Balaban J connectivity index is 2.07. The Morgan fingerprint density at radius 2 is 2.36 bits per heavy atom. The predicted octanol–water partition coefficient (Wildman–Crippen LogP) is 2.15. The average Bonchev–Trinajstić information content (AvgIpc) is 2.98. The van der Waals surface area contributed by atoms with E-state index in [9.17, 15) is 0 Å². The van der Waals surface area contributed by atoms with E-state index in [0.717, 1.165) is 18.9 Å². The lowest BCUT2D eigenvalue weighted by Crippen LogP contribution is -2.02. The van der Waals surface area contributed by atoms with Gasteiger partial charge in [0.05, 0.1) is 6.61 Å². The van der Waals surface area contributed by atoms with E-state index in [1.165, 1.54) is 12.0 Å². The number of rotatable bonds is 4. The van der Waals surface area contributed by atoms with Gasteiger partial charge in [0.25, 0.3) is 0 Å². The van der Waals surface area contributed by atoms with Crippen LogP contribution >= 0.6 is 0 Å². The fourth-order valence-electron chi connectivity index (χ4n) is 1.92. The van der Waals surface area contributed by atoms with Crippen LogP contribution in [0.3, 0.4) is 0 Å². The van der Waals surface area contributed by atoms with Crippen LogP contribution in [0.25, 0.3) is 0 Å². The highest BCUT2D eigenvalue weighted by Gasteiger charge is 2.36. The largest absolute Gasteiger partial charge is 0.494 e. The van der Waals surface area contributed by atoms with Gasteiger partial charge in [-0.1, -0.05) is 12.1 Å². The van der Waals surface area contributed by atoms with Gasteiger partial charge in [-0.25, -0.2) is 0 Å². The summed E-state index contributed by atoms with van der Waals surface area (Å²) in [5.74, 6) is 2.36. The first-order chi connectivity index (χ1) is 6.85. The topological polar surface area (TPSA) is 35.2 Å². The van der Waals surface area contributed by atoms with Gasteiger partial charge in [-0.2, -0.15) is 0 Å². The molecule has 1 saturated carbocycles. The molecule has 0 unspecified atom stereocenters. The number of nitrogens with two attached hydrogens (primary N) is 1. The van der Waals surface area contributed by atoms with Crippen molar-refractivity contribution in [2.24, 2.45) is 11.7 Å². The number of benzene rings is 1. The van der Waals surface area contributed by atoms with Crippen LogP contribution in [0.5, 0.6) is 5.75 Å². The van der Waals surface area contributed by atoms with Gasteiger partial charge in [0.1, 0.15) is 5.75 Å². The molecule has 0 aliphatic heterocycles. The van der Waals surface area contributed by atoms with E-state index < -0.39 is 0 Å². The minimum Gasteiger partial charge on any atom is -0.494 e. The van der Waals surface area contributed by atoms with E-state index in [1.54, 1.807) is 0 Å². The smallest absolute Gasteiger partial charge is 0.119 e. The van der Waals surface area contributed by atoms with Crippen LogP contribution in [0.2, 0.25) is 0 Å². The molecule has 1 aliphatic carbocycles. The van der Waals surface area contributed by atoms with E-state index in [-0.39, 0.29) is 0 Å². The molecule has 1 aromatic rings. The van der Waals surface area contributed by atoms with E-state index >= 15 is 0 Å². The third-order valence-corrected chi connectivity index (χ3v) is 2.82. The van der Waals surface area contributed by atoms with E-state index in [2.05, 4.69) is 18.2 Å². The molecule has 0 saturated heterocycles. The van der Waals surface area contributed by atoms with Crippen molar-refractivity contribution in [2.75, 3.05) is 13.2 Å². The Bertz CT molecular complexity index is 311. The van der Waals surface area contributed by atoms with Crippen LogP contribution in [0.15, 0.2) is 24.3 Å². The predicted molar refractivity (Wildman–Crippen MR) is 57.5 cm³/mol. The summed E-state index contributed by atoms with van der Waals surface area (Å²) in [6.07, 6.45) is 1.24. The molecule has 1 fully saturated rings. The van der Waals surface area contributed by atoms with Gasteiger partial charge >= 0.3 is 0 Å². The summed E-state index contributed by atoms with van der Waals surface area (Å²) in [6, 6.07) is 8.38.